The van der Waals surface area contributed by atoms with Crippen LogP contribution in [0.3, 0.4) is 0 Å². The molecule has 0 fully saturated rings. The summed E-state index contributed by atoms with van der Waals surface area (Å²) in [5.74, 6) is 0.748. The fourth-order valence-corrected chi connectivity index (χ4v) is 4.13. The Morgan fingerprint density at radius 3 is 2.53 bits per heavy atom. The summed E-state index contributed by atoms with van der Waals surface area (Å²) in [6.07, 6.45) is 7.83. The quantitative estimate of drug-likeness (QED) is 0.359. The molecule has 0 aliphatic rings. The zero-order valence-electron chi connectivity index (χ0n) is 18.3. The third kappa shape index (κ3) is 3.28. The molecule has 0 aliphatic carbocycles. The van der Waals surface area contributed by atoms with E-state index in [4.69, 9.17) is 9.51 Å². The van der Waals surface area contributed by atoms with Crippen LogP contribution in [0.4, 0.5) is 4.39 Å². The molecular weight excluding hydrogens is 407 g/mol. The average molecular weight is 430 g/mol. The largest absolute Gasteiger partial charge is 0.361 e. The van der Waals surface area contributed by atoms with Gasteiger partial charge in [-0.25, -0.2) is 9.07 Å². The van der Waals surface area contributed by atoms with E-state index in [1.807, 2.05) is 44.4 Å². The van der Waals surface area contributed by atoms with Crippen LogP contribution >= 0.6 is 0 Å². The molecule has 0 aromatic carbocycles. The molecule has 5 aromatic heterocycles. The van der Waals surface area contributed by atoms with Gasteiger partial charge in [-0.15, -0.1) is 0 Å². The Morgan fingerprint density at radius 2 is 1.88 bits per heavy atom. The topological polar surface area (TPSA) is 74.6 Å². The minimum Gasteiger partial charge on any atom is -0.361 e. The van der Waals surface area contributed by atoms with Crippen LogP contribution in [0.1, 0.15) is 43.3 Å². The summed E-state index contributed by atoms with van der Waals surface area (Å²) in [4.78, 5) is 9.34. The molecule has 5 heterocycles. The fourth-order valence-electron chi connectivity index (χ4n) is 4.13. The Morgan fingerprint density at radius 1 is 1.03 bits per heavy atom. The van der Waals surface area contributed by atoms with Crippen LogP contribution in [0.5, 0.6) is 0 Å². The number of pyridine rings is 2. The Hall–Kier alpha value is -3.81. The van der Waals surface area contributed by atoms with Gasteiger partial charge in [-0.1, -0.05) is 11.2 Å². The monoisotopic (exact) mass is 430 g/mol. The zero-order chi connectivity index (χ0) is 22.4. The van der Waals surface area contributed by atoms with Crippen molar-refractivity contribution in [3.05, 3.63) is 72.4 Å². The lowest BCUT2D eigenvalue weighted by Crippen LogP contribution is -2.07. The number of aryl methyl sites for hydroxylation is 2. The van der Waals surface area contributed by atoms with E-state index in [0.717, 1.165) is 50.4 Å². The predicted molar refractivity (Wildman–Crippen MR) is 120 cm³/mol. The Labute approximate surface area is 184 Å². The summed E-state index contributed by atoms with van der Waals surface area (Å²) in [6, 6.07) is 7.94. The lowest BCUT2D eigenvalue weighted by molar-refractivity contribution is 0.245. The molecule has 0 saturated carbocycles. The standard InChI is InChI=1S/C24H23FN6O/c1-14-23(16(3)32-29-14)18-9-22-24(27-10-18)20(19-11-28-31(12-19)17(4)25)13-30(22)15(2)21-7-5-6-8-26-21/h5-13,15,17H,1-4H3/t15-,17?/m0/s1. The van der Waals surface area contributed by atoms with E-state index < -0.39 is 6.30 Å². The first kappa shape index (κ1) is 20.1. The Kier molecular flexibility index (Phi) is 4.84. The molecule has 0 radical (unpaired) electrons. The van der Waals surface area contributed by atoms with E-state index in [9.17, 15) is 4.39 Å². The van der Waals surface area contributed by atoms with Crippen LogP contribution in [0, 0.1) is 13.8 Å². The third-order valence-corrected chi connectivity index (χ3v) is 5.80. The summed E-state index contributed by atoms with van der Waals surface area (Å²) in [6.45, 7) is 7.37. The van der Waals surface area contributed by atoms with Crippen molar-refractivity contribution in [1.82, 2.24) is 29.5 Å². The molecule has 32 heavy (non-hydrogen) atoms. The average Bonchev–Trinajstić information content (AvgIpc) is 3.50. The summed E-state index contributed by atoms with van der Waals surface area (Å²) in [5, 5.41) is 8.25. The fraction of sp³-hybridized carbons (Fsp3) is 0.250. The minimum absolute atomic E-state index is 0.0377. The van der Waals surface area contributed by atoms with Gasteiger partial charge in [0.2, 0.25) is 0 Å². The number of aromatic nitrogens is 6. The molecule has 0 saturated heterocycles. The van der Waals surface area contributed by atoms with E-state index in [0.29, 0.717) is 0 Å². The second-order valence-corrected chi connectivity index (χ2v) is 7.95. The van der Waals surface area contributed by atoms with Crippen LogP contribution in [0.25, 0.3) is 33.3 Å². The number of hydrogen-bond acceptors (Lipinski definition) is 5. The van der Waals surface area contributed by atoms with Crippen molar-refractivity contribution >= 4 is 11.0 Å². The summed E-state index contributed by atoms with van der Waals surface area (Å²) >= 11 is 0. The maximum absolute atomic E-state index is 13.8. The molecule has 1 unspecified atom stereocenters. The van der Waals surface area contributed by atoms with E-state index in [1.54, 1.807) is 18.6 Å². The molecule has 5 rings (SSSR count). The second kappa shape index (κ2) is 7.71. The van der Waals surface area contributed by atoms with Gasteiger partial charge in [0, 0.05) is 47.0 Å². The van der Waals surface area contributed by atoms with Crippen LogP contribution in [-0.4, -0.2) is 29.5 Å². The van der Waals surface area contributed by atoms with Gasteiger partial charge in [0.25, 0.3) is 0 Å². The van der Waals surface area contributed by atoms with Crippen molar-refractivity contribution < 1.29 is 8.91 Å². The molecule has 7 nitrogen and oxygen atoms in total. The van der Waals surface area contributed by atoms with Gasteiger partial charge in [-0.2, -0.15) is 5.10 Å². The maximum atomic E-state index is 13.8. The van der Waals surface area contributed by atoms with Gasteiger partial charge in [0.05, 0.1) is 34.7 Å². The van der Waals surface area contributed by atoms with Gasteiger partial charge in [0.15, 0.2) is 6.30 Å². The van der Waals surface area contributed by atoms with Crippen molar-refractivity contribution in [2.45, 2.75) is 40.0 Å². The van der Waals surface area contributed by atoms with Crippen LogP contribution in [0.15, 0.2) is 59.8 Å². The SMILES string of the molecule is Cc1noc(C)c1-c1cnc2c(-c3cnn(C(C)F)c3)cn([C@@H](C)c3ccccn3)c2c1. The Bertz CT molecular complexity index is 1380. The molecule has 0 spiro atoms. The van der Waals surface area contributed by atoms with Crippen LogP contribution in [-0.2, 0) is 0 Å². The zero-order valence-corrected chi connectivity index (χ0v) is 18.3. The summed E-state index contributed by atoms with van der Waals surface area (Å²) in [5.41, 5.74) is 7.08. The van der Waals surface area contributed by atoms with Gasteiger partial charge >= 0.3 is 0 Å². The van der Waals surface area contributed by atoms with Crippen molar-refractivity contribution in [2.24, 2.45) is 0 Å². The van der Waals surface area contributed by atoms with E-state index >= 15 is 0 Å². The van der Waals surface area contributed by atoms with E-state index in [-0.39, 0.29) is 6.04 Å². The van der Waals surface area contributed by atoms with Gasteiger partial charge in [-0.3, -0.25) is 9.97 Å². The number of nitrogens with zero attached hydrogens (tertiary/aromatic N) is 6. The lowest BCUT2D eigenvalue weighted by Gasteiger charge is -2.15. The Balaban J connectivity index is 1.73. The molecule has 162 valence electrons. The van der Waals surface area contributed by atoms with E-state index in [1.165, 1.54) is 11.6 Å². The third-order valence-electron chi connectivity index (χ3n) is 5.80. The molecule has 2 atom stereocenters. The lowest BCUT2D eigenvalue weighted by atomic mass is 10.1. The highest BCUT2D eigenvalue weighted by Crippen LogP contribution is 2.36. The smallest absolute Gasteiger partial charge is 0.188 e. The molecule has 0 amide bonds. The van der Waals surface area contributed by atoms with Crippen molar-refractivity contribution in [3.8, 4) is 22.3 Å². The molecule has 0 aliphatic heterocycles. The van der Waals surface area contributed by atoms with Gasteiger partial charge in [0.1, 0.15) is 5.76 Å². The first-order valence-corrected chi connectivity index (χ1v) is 10.5. The van der Waals surface area contributed by atoms with Crippen molar-refractivity contribution in [1.29, 1.82) is 0 Å². The highest BCUT2D eigenvalue weighted by molar-refractivity contribution is 5.95. The van der Waals surface area contributed by atoms with Crippen molar-refractivity contribution in [3.63, 3.8) is 0 Å². The molecular formula is C24H23FN6O. The summed E-state index contributed by atoms with van der Waals surface area (Å²) in [7, 11) is 0. The van der Waals surface area contributed by atoms with Gasteiger partial charge in [-0.05, 0) is 45.9 Å². The number of alkyl halides is 1. The van der Waals surface area contributed by atoms with E-state index in [2.05, 4.69) is 32.8 Å². The number of hydrogen-bond donors (Lipinski definition) is 0. The maximum Gasteiger partial charge on any atom is 0.188 e. The molecule has 0 N–H and O–H groups in total. The number of halogens is 1. The second-order valence-electron chi connectivity index (χ2n) is 7.95. The normalized spacial score (nSPS) is 13.5. The molecule has 0 bridgehead atoms. The highest BCUT2D eigenvalue weighted by Gasteiger charge is 2.21. The first-order chi connectivity index (χ1) is 15.4. The molecule has 8 heteroatoms. The predicted octanol–water partition coefficient (Wildman–Crippen LogP) is 5.66. The minimum atomic E-state index is -1.20. The summed E-state index contributed by atoms with van der Waals surface area (Å²) < 4.78 is 22.6. The molecule has 5 aromatic rings. The number of rotatable bonds is 5. The van der Waals surface area contributed by atoms with Crippen molar-refractivity contribution in [2.75, 3.05) is 0 Å². The first-order valence-electron chi connectivity index (χ1n) is 10.5. The highest BCUT2D eigenvalue weighted by atomic mass is 19.1. The number of fused-ring (bicyclic) bond motifs is 1. The van der Waals surface area contributed by atoms with Crippen LogP contribution < -0.4 is 0 Å². The van der Waals surface area contributed by atoms with Gasteiger partial charge < -0.3 is 9.09 Å². The van der Waals surface area contributed by atoms with Crippen LogP contribution in [0.2, 0.25) is 0 Å².